The van der Waals surface area contributed by atoms with Crippen molar-refractivity contribution in [3.05, 3.63) is 89.1 Å². The van der Waals surface area contributed by atoms with Crippen LogP contribution in [0.25, 0.3) is 11.3 Å². The van der Waals surface area contributed by atoms with E-state index in [1.165, 1.54) is 0 Å². The lowest BCUT2D eigenvalue weighted by atomic mass is 10.0. The Kier molecular flexibility index (Phi) is 13.4. The minimum Gasteiger partial charge on any atom is -0.468 e. The van der Waals surface area contributed by atoms with Crippen LogP contribution in [-0.4, -0.2) is 92.3 Å². The van der Waals surface area contributed by atoms with Gasteiger partial charge >= 0.3 is 5.97 Å². The molecule has 1 aromatic heterocycles. The molecule has 262 valence electrons. The number of pyridine rings is 1. The van der Waals surface area contributed by atoms with Gasteiger partial charge in [-0.1, -0.05) is 42.5 Å². The summed E-state index contributed by atoms with van der Waals surface area (Å²) in [5.74, 6) is -0.236. The quantitative estimate of drug-likeness (QED) is 0.212. The Morgan fingerprint density at radius 1 is 1.04 bits per heavy atom. The van der Waals surface area contributed by atoms with Gasteiger partial charge in [0.15, 0.2) is 0 Å². The molecule has 2 amide bonds. The molecular formula is C38H48N4O7. The number of esters is 1. The van der Waals surface area contributed by atoms with Crippen LogP contribution in [0.2, 0.25) is 0 Å². The molecule has 11 heteroatoms. The molecule has 1 aliphatic carbocycles. The Bertz CT molecular complexity index is 1550. The predicted octanol–water partition coefficient (Wildman–Crippen LogP) is 4.41. The molecule has 2 heterocycles. The maximum Gasteiger partial charge on any atom is 0.338 e. The molecule has 2 N–H and O–H groups in total. The molecule has 49 heavy (non-hydrogen) atoms. The van der Waals surface area contributed by atoms with Crippen molar-refractivity contribution in [3.8, 4) is 11.3 Å². The van der Waals surface area contributed by atoms with Gasteiger partial charge in [-0.05, 0) is 81.3 Å². The van der Waals surface area contributed by atoms with Gasteiger partial charge in [0.25, 0.3) is 12.4 Å². The van der Waals surface area contributed by atoms with Crippen molar-refractivity contribution in [1.29, 1.82) is 0 Å². The van der Waals surface area contributed by atoms with Crippen molar-refractivity contribution in [2.45, 2.75) is 58.1 Å². The van der Waals surface area contributed by atoms with Gasteiger partial charge in [-0.15, -0.1) is 0 Å². The zero-order valence-electron chi connectivity index (χ0n) is 29.1. The Balaban J connectivity index is 0.00000101. The van der Waals surface area contributed by atoms with Crippen molar-refractivity contribution in [3.63, 3.8) is 0 Å². The van der Waals surface area contributed by atoms with Crippen molar-refractivity contribution in [2.75, 3.05) is 46.5 Å². The highest BCUT2D eigenvalue weighted by atomic mass is 16.6. The molecule has 1 saturated heterocycles. The summed E-state index contributed by atoms with van der Waals surface area (Å²) in [7, 11) is 1.71. The van der Waals surface area contributed by atoms with E-state index in [1.54, 1.807) is 43.2 Å². The van der Waals surface area contributed by atoms with Crippen LogP contribution in [0, 0.1) is 5.92 Å². The summed E-state index contributed by atoms with van der Waals surface area (Å²) < 4.78 is 15.0. The molecule has 2 aliphatic rings. The average molecular weight is 673 g/mol. The molecule has 11 nitrogen and oxygen atoms in total. The Morgan fingerprint density at radius 2 is 1.73 bits per heavy atom. The maximum absolute atomic E-state index is 13.9. The number of hydrogen-bond donors (Lipinski definition) is 2. The molecular weight excluding hydrogens is 624 g/mol. The molecule has 2 fully saturated rings. The Labute approximate surface area is 288 Å². The van der Waals surface area contributed by atoms with E-state index in [0.29, 0.717) is 63.3 Å². The summed E-state index contributed by atoms with van der Waals surface area (Å²) in [6.45, 7) is 11.3. The monoisotopic (exact) mass is 672 g/mol. The molecule has 2 aromatic carbocycles. The summed E-state index contributed by atoms with van der Waals surface area (Å²) in [4.78, 5) is 55.9. The van der Waals surface area contributed by atoms with E-state index in [1.807, 2.05) is 57.2 Å². The van der Waals surface area contributed by atoms with Crippen LogP contribution in [0.3, 0.4) is 0 Å². The summed E-state index contributed by atoms with van der Waals surface area (Å²) in [5, 5.41) is 6.29. The second kappa shape index (κ2) is 17.7. The fourth-order valence-corrected chi connectivity index (χ4v) is 5.65. The van der Waals surface area contributed by atoms with Gasteiger partial charge in [-0.2, -0.15) is 0 Å². The number of benzene rings is 2. The van der Waals surface area contributed by atoms with Crippen LogP contribution in [0.5, 0.6) is 0 Å². The van der Waals surface area contributed by atoms with Crippen molar-refractivity contribution >= 4 is 24.3 Å². The molecule has 0 radical (unpaired) electrons. The number of rotatable bonds is 12. The minimum atomic E-state index is -0.805. The van der Waals surface area contributed by atoms with Gasteiger partial charge in [0.1, 0.15) is 17.3 Å². The van der Waals surface area contributed by atoms with E-state index < -0.39 is 23.5 Å². The molecule has 3 unspecified atom stereocenters. The molecule has 1 aliphatic heterocycles. The lowest BCUT2D eigenvalue weighted by Crippen LogP contribution is -2.54. The van der Waals surface area contributed by atoms with Crippen LogP contribution < -0.4 is 10.6 Å². The SMILES string of the molecule is CCOC=O.COCC1CC1c1cc(C(=O)NC(Cc2ccc(C(=O)OC(C)(C)C)cc2)C(=O)N2CCNCC2)nc(-c2ccccc2)c1. The zero-order chi connectivity index (χ0) is 35.4. The van der Waals surface area contributed by atoms with Crippen LogP contribution in [0.15, 0.2) is 66.7 Å². The van der Waals surface area contributed by atoms with Crippen molar-refractivity contribution in [1.82, 2.24) is 20.5 Å². The normalized spacial score (nSPS) is 17.5. The Hall–Kier alpha value is -4.61. The van der Waals surface area contributed by atoms with E-state index in [0.717, 1.165) is 28.8 Å². The van der Waals surface area contributed by atoms with Gasteiger partial charge in [-0.3, -0.25) is 14.4 Å². The molecule has 0 bridgehead atoms. The number of aromatic nitrogens is 1. The number of hydrogen-bond acceptors (Lipinski definition) is 9. The van der Waals surface area contributed by atoms with Crippen LogP contribution in [-0.2, 0) is 30.2 Å². The number of methoxy groups -OCH3 is 1. The first-order valence-electron chi connectivity index (χ1n) is 16.8. The van der Waals surface area contributed by atoms with Crippen LogP contribution in [0.1, 0.15) is 72.0 Å². The number of carbonyl (C=O) groups excluding carboxylic acids is 4. The minimum absolute atomic E-state index is 0.141. The van der Waals surface area contributed by atoms with Gasteiger partial charge in [0.2, 0.25) is 5.91 Å². The molecule has 1 saturated carbocycles. The second-order valence-corrected chi connectivity index (χ2v) is 13.2. The largest absolute Gasteiger partial charge is 0.468 e. The van der Waals surface area contributed by atoms with Gasteiger partial charge < -0.3 is 29.7 Å². The third-order valence-corrected chi connectivity index (χ3v) is 8.18. The lowest BCUT2D eigenvalue weighted by Gasteiger charge is -2.31. The molecule has 3 aromatic rings. The summed E-state index contributed by atoms with van der Waals surface area (Å²) in [5.41, 5.74) is 3.62. The van der Waals surface area contributed by atoms with E-state index in [4.69, 9.17) is 14.5 Å². The first-order chi connectivity index (χ1) is 23.5. The third kappa shape index (κ3) is 11.2. The van der Waals surface area contributed by atoms with E-state index in [9.17, 15) is 19.2 Å². The van der Waals surface area contributed by atoms with Crippen molar-refractivity contribution < 1.29 is 33.4 Å². The first-order valence-corrected chi connectivity index (χ1v) is 16.8. The predicted molar refractivity (Wildman–Crippen MR) is 186 cm³/mol. The molecule has 5 rings (SSSR count). The van der Waals surface area contributed by atoms with E-state index in [2.05, 4.69) is 21.4 Å². The topological polar surface area (TPSA) is 136 Å². The number of nitrogens with one attached hydrogen (secondary N) is 2. The number of ether oxygens (including phenoxy) is 3. The fraction of sp³-hybridized carbons (Fsp3) is 0.447. The van der Waals surface area contributed by atoms with Gasteiger partial charge in [-0.25, -0.2) is 9.78 Å². The highest BCUT2D eigenvalue weighted by Gasteiger charge is 2.39. The number of piperazine rings is 1. The summed E-state index contributed by atoms with van der Waals surface area (Å²) >= 11 is 0. The lowest BCUT2D eigenvalue weighted by molar-refractivity contribution is -0.133. The number of nitrogens with zero attached hydrogens (tertiary/aromatic N) is 2. The second-order valence-electron chi connectivity index (χ2n) is 13.2. The van der Waals surface area contributed by atoms with E-state index >= 15 is 0 Å². The van der Waals surface area contributed by atoms with Crippen molar-refractivity contribution in [2.24, 2.45) is 5.92 Å². The Morgan fingerprint density at radius 3 is 2.33 bits per heavy atom. The third-order valence-electron chi connectivity index (χ3n) is 8.18. The average Bonchev–Trinajstić information content (AvgIpc) is 3.88. The molecule has 3 atom stereocenters. The number of amides is 2. The highest BCUT2D eigenvalue weighted by Crippen LogP contribution is 2.48. The smallest absolute Gasteiger partial charge is 0.338 e. The number of carbonyl (C=O) groups is 4. The fourth-order valence-electron chi connectivity index (χ4n) is 5.65. The maximum atomic E-state index is 13.9. The summed E-state index contributed by atoms with van der Waals surface area (Å²) in [6, 6.07) is 19.9. The highest BCUT2D eigenvalue weighted by molar-refractivity contribution is 5.97. The standard InChI is InChI=1S/C35H42N4O5.C3H6O2/c1-35(2,3)44-34(42)25-12-10-23(11-13-25)18-31(33(41)39-16-14-36-15-17-39)38-32(40)30-21-26(28-19-27(28)22-43-4)20-29(37-30)24-8-6-5-7-9-24;1-2-5-3-4/h5-13,20-21,27-28,31,36H,14-19,22H2,1-4H3,(H,38,40);3H,2H2,1H3. The van der Waals surface area contributed by atoms with Crippen LogP contribution >= 0.6 is 0 Å². The summed E-state index contributed by atoms with van der Waals surface area (Å²) in [6.07, 6.45) is 1.27. The zero-order valence-corrected chi connectivity index (χ0v) is 29.1. The van der Waals surface area contributed by atoms with Crippen LogP contribution in [0.4, 0.5) is 0 Å². The van der Waals surface area contributed by atoms with Gasteiger partial charge in [0.05, 0.1) is 17.9 Å². The first kappa shape index (κ1) is 37.2. The van der Waals surface area contributed by atoms with E-state index in [-0.39, 0.29) is 18.0 Å². The molecule has 0 spiro atoms. The van der Waals surface area contributed by atoms with Gasteiger partial charge in [0, 0.05) is 51.9 Å².